The molecule has 0 aliphatic heterocycles. The Morgan fingerprint density at radius 3 is 2.72 bits per heavy atom. The summed E-state index contributed by atoms with van der Waals surface area (Å²) in [5, 5.41) is 6.35. The molecule has 0 heterocycles. The molecule has 4 nitrogen and oxygen atoms in total. The van der Waals surface area contributed by atoms with Gasteiger partial charge in [0.25, 0.3) is 0 Å². The lowest BCUT2D eigenvalue weighted by Gasteiger charge is -2.17. The first-order chi connectivity index (χ1) is 8.74. The first kappa shape index (κ1) is 15.4. The molecule has 0 bridgehead atoms. The standard InChI is InChI=1S/C14H28N2O2/c1-3-10-18-11-6-9-15-12(2)14(17)16-13-7-4-5-8-13/h12-13,15H,3-11H2,1-2H3,(H,16,17). The predicted molar refractivity (Wildman–Crippen MR) is 73.6 cm³/mol. The van der Waals surface area contributed by atoms with Crippen LogP contribution >= 0.6 is 0 Å². The summed E-state index contributed by atoms with van der Waals surface area (Å²) in [6, 6.07) is 0.311. The third-order valence-corrected chi connectivity index (χ3v) is 3.36. The van der Waals surface area contributed by atoms with Crippen LogP contribution in [-0.2, 0) is 9.53 Å². The molecule has 2 N–H and O–H groups in total. The van der Waals surface area contributed by atoms with E-state index in [1.807, 2.05) is 6.92 Å². The van der Waals surface area contributed by atoms with E-state index < -0.39 is 0 Å². The van der Waals surface area contributed by atoms with Gasteiger partial charge in [-0.15, -0.1) is 0 Å². The summed E-state index contributed by atoms with van der Waals surface area (Å²) in [6.07, 6.45) is 6.81. The first-order valence-electron chi connectivity index (χ1n) is 7.35. The largest absolute Gasteiger partial charge is 0.381 e. The third-order valence-electron chi connectivity index (χ3n) is 3.36. The van der Waals surface area contributed by atoms with E-state index in [2.05, 4.69) is 17.6 Å². The lowest BCUT2D eigenvalue weighted by atomic mass is 10.2. The van der Waals surface area contributed by atoms with Crippen LogP contribution in [0.2, 0.25) is 0 Å². The molecule has 0 aromatic carbocycles. The maximum Gasteiger partial charge on any atom is 0.237 e. The van der Waals surface area contributed by atoms with E-state index in [-0.39, 0.29) is 11.9 Å². The Labute approximate surface area is 111 Å². The maximum absolute atomic E-state index is 11.9. The highest BCUT2D eigenvalue weighted by Crippen LogP contribution is 2.17. The lowest BCUT2D eigenvalue weighted by Crippen LogP contribution is -2.45. The molecule has 1 aliphatic carbocycles. The summed E-state index contributed by atoms with van der Waals surface area (Å²) in [4.78, 5) is 11.9. The van der Waals surface area contributed by atoms with Crippen molar-refractivity contribution in [3.63, 3.8) is 0 Å². The zero-order valence-electron chi connectivity index (χ0n) is 11.8. The summed E-state index contributed by atoms with van der Waals surface area (Å²) in [7, 11) is 0. The van der Waals surface area contributed by atoms with Crippen LogP contribution in [0.15, 0.2) is 0 Å². The van der Waals surface area contributed by atoms with Gasteiger partial charge < -0.3 is 15.4 Å². The molecule has 1 aliphatic rings. The van der Waals surface area contributed by atoms with Crippen LogP contribution in [-0.4, -0.2) is 37.7 Å². The van der Waals surface area contributed by atoms with Gasteiger partial charge in [-0.25, -0.2) is 0 Å². The van der Waals surface area contributed by atoms with Crippen molar-refractivity contribution in [2.75, 3.05) is 19.8 Å². The zero-order valence-corrected chi connectivity index (χ0v) is 11.8. The number of carbonyl (C=O) groups excluding carboxylic acids is 1. The monoisotopic (exact) mass is 256 g/mol. The summed E-state index contributed by atoms with van der Waals surface area (Å²) < 4.78 is 5.39. The Morgan fingerprint density at radius 1 is 1.33 bits per heavy atom. The van der Waals surface area contributed by atoms with Crippen molar-refractivity contribution in [2.45, 2.75) is 64.5 Å². The highest BCUT2D eigenvalue weighted by atomic mass is 16.5. The third kappa shape index (κ3) is 6.36. The summed E-state index contributed by atoms with van der Waals surface area (Å²) in [6.45, 7) is 6.48. The molecule has 1 atom stereocenters. The van der Waals surface area contributed by atoms with Crippen LogP contribution < -0.4 is 10.6 Å². The number of ether oxygens (including phenoxy) is 1. The molecular weight excluding hydrogens is 228 g/mol. The number of hydrogen-bond donors (Lipinski definition) is 2. The van der Waals surface area contributed by atoms with E-state index in [1.165, 1.54) is 12.8 Å². The average Bonchev–Trinajstić information content (AvgIpc) is 2.86. The number of hydrogen-bond acceptors (Lipinski definition) is 3. The Bertz CT molecular complexity index is 228. The Hall–Kier alpha value is -0.610. The van der Waals surface area contributed by atoms with Crippen LogP contribution in [0.1, 0.15) is 52.4 Å². The molecule has 0 saturated heterocycles. The van der Waals surface area contributed by atoms with Crippen LogP contribution in [0.4, 0.5) is 0 Å². The van der Waals surface area contributed by atoms with Gasteiger partial charge in [0.05, 0.1) is 6.04 Å². The Kier molecular flexibility index (Phi) is 8.01. The number of nitrogens with one attached hydrogen (secondary N) is 2. The minimum Gasteiger partial charge on any atom is -0.381 e. The van der Waals surface area contributed by atoms with E-state index in [0.29, 0.717) is 6.04 Å². The van der Waals surface area contributed by atoms with E-state index >= 15 is 0 Å². The fraction of sp³-hybridized carbons (Fsp3) is 0.929. The Morgan fingerprint density at radius 2 is 2.06 bits per heavy atom. The van der Waals surface area contributed by atoms with Gasteiger partial charge in [0.1, 0.15) is 0 Å². The molecular formula is C14H28N2O2. The number of carbonyl (C=O) groups is 1. The van der Waals surface area contributed by atoms with Crippen molar-refractivity contribution < 1.29 is 9.53 Å². The highest BCUT2D eigenvalue weighted by molar-refractivity contribution is 5.81. The molecule has 4 heteroatoms. The molecule has 1 fully saturated rings. The van der Waals surface area contributed by atoms with Gasteiger partial charge in [0.2, 0.25) is 5.91 Å². The van der Waals surface area contributed by atoms with Gasteiger partial charge in [0, 0.05) is 19.3 Å². The van der Waals surface area contributed by atoms with Gasteiger partial charge in [0.15, 0.2) is 0 Å². The minimum atomic E-state index is -0.100. The second-order valence-electron chi connectivity index (χ2n) is 5.13. The molecule has 18 heavy (non-hydrogen) atoms. The van der Waals surface area contributed by atoms with Crippen molar-refractivity contribution in [2.24, 2.45) is 0 Å². The summed E-state index contributed by atoms with van der Waals surface area (Å²) >= 11 is 0. The van der Waals surface area contributed by atoms with Gasteiger partial charge in [-0.2, -0.15) is 0 Å². The fourth-order valence-corrected chi connectivity index (χ4v) is 2.23. The minimum absolute atomic E-state index is 0.100. The normalized spacial score (nSPS) is 17.9. The van der Waals surface area contributed by atoms with Crippen molar-refractivity contribution in [3.8, 4) is 0 Å². The van der Waals surface area contributed by atoms with Crippen molar-refractivity contribution >= 4 is 5.91 Å². The smallest absolute Gasteiger partial charge is 0.237 e. The molecule has 0 aromatic rings. The van der Waals surface area contributed by atoms with Gasteiger partial charge in [-0.1, -0.05) is 19.8 Å². The molecule has 1 unspecified atom stereocenters. The SMILES string of the molecule is CCCOCCCNC(C)C(=O)NC1CCCC1. The molecule has 1 amide bonds. The van der Waals surface area contributed by atoms with Gasteiger partial charge in [-0.05, 0) is 39.2 Å². The van der Waals surface area contributed by atoms with Crippen LogP contribution in [0.3, 0.4) is 0 Å². The van der Waals surface area contributed by atoms with E-state index in [1.54, 1.807) is 0 Å². The lowest BCUT2D eigenvalue weighted by molar-refractivity contribution is -0.123. The molecule has 106 valence electrons. The predicted octanol–water partition coefficient (Wildman–Crippen LogP) is 1.84. The van der Waals surface area contributed by atoms with Gasteiger partial charge in [-0.3, -0.25) is 4.79 Å². The second kappa shape index (κ2) is 9.34. The molecule has 0 spiro atoms. The van der Waals surface area contributed by atoms with E-state index in [0.717, 1.165) is 45.4 Å². The average molecular weight is 256 g/mol. The van der Waals surface area contributed by atoms with Gasteiger partial charge >= 0.3 is 0 Å². The Balaban J connectivity index is 2.00. The van der Waals surface area contributed by atoms with Crippen molar-refractivity contribution in [1.82, 2.24) is 10.6 Å². The molecule has 1 rings (SSSR count). The van der Waals surface area contributed by atoms with E-state index in [4.69, 9.17) is 4.74 Å². The van der Waals surface area contributed by atoms with Crippen LogP contribution in [0.25, 0.3) is 0 Å². The first-order valence-corrected chi connectivity index (χ1v) is 7.35. The number of amides is 1. The molecule has 0 aromatic heterocycles. The number of rotatable bonds is 9. The van der Waals surface area contributed by atoms with E-state index in [9.17, 15) is 4.79 Å². The highest BCUT2D eigenvalue weighted by Gasteiger charge is 2.19. The summed E-state index contributed by atoms with van der Waals surface area (Å²) in [5.41, 5.74) is 0. The van der Waals surface area contributed by atoms with Crippen molar-refractivity contribution in [3.05, 3.63) is 0 Å². The quantitative estimate of drug-likeness (QED) is 0.619. The zero-order chi connectivity index (χ0) is 13.2. The van der Waals surface area contributed by atoms with Crippen LogP contribution in [0.5, 0.6) is 0 Å². The second-order valence-corrected chi connectivity index (χ2v) is 5.13. The summed E-state index contributed by atoms with van der Waals surface area (Å²) in [5.74, 6) is 0.136. The maximum atomic E-state index is 11.9. The topological polar surface area (TPSA) is 50.4 Å². The molecule has 0 radical (unpaired) electrons. The van der Waals surface area contributed by atoms with Crippen LogP contribution in [0, 0.1) is 0 Å². The fourth-order valence-electron chi connectivity index (χ4n) is 2.23. The molecule has 1 saturated carbocycles. The van der Waals surface area contributed by atoms with Crippen molar-refractivity contribution in [1.29, 1.82) is 0 Å².